The Bertz CT molecular complexity index is 639. The summed E-state index contributed by atoms with van der Waals surface area (Å²) < 4.78 is 38.6. The Morgan fingerprint density at radius 3 is 2.52 bits per heavy atom. The van der Waals surface area contributed by atoms with E-state index >= 15 is 0 Å². The standard InChI is InChI=1S/C16H22ClNO4S/c1-21-15-3-2-12-22-16(15)8-10-18(11-9-16)23(19,20)14-6-4-13(17)5-7-14/h4-7,15H,2-3,8-12H2,1H3/t15-/m0/s1. The molecular formula is C16H22ClNO4S. The van der Waals surface area contributed by atoms with Gasteiger partial charge in [-0.3, -0.25) is 0 Å². The number of rotatable bonds is 3. The first-order chi connectivity index (χ1) is 11.0. The van der Waals surface area contributed by atoms with Crippen LogP contribution in [0.4, 0.5) is 0 Å². The molecule has 1 aromatic rings. The zero-order chi connectivity index (χ0) is 16.5. The van der Waals surface area contributed by atoms with E-state index in [1.54, 1.807) is 31.4 Å². The van der Waals surface area contributed by atoms with Crippen molar-refractivity contribution in [3.8, 4) is 0 Å². The Morgan fingerprint density at radius 2 is 1.91 bits per heavy atom. The lowest BCUT2D eigenvalue weighted by Gasteiger charge is -2.47. The van der Waals surface area contributed by atoms with Crippen LogP contribution in [0.5, 0.6) is 0 Å². The predicted molar refractivity (Wildman–Crippen MR) is 88.2 cm³/mol. The number of halogens is 1. The summed E-state index contributed by atoms with van der Waals surface area (Å²) >= 11 is 5.84. The summed E-state index contributed by atoms with van der Waals surface area (Å²) in [5.74, 6) is 0. The molecule has 0 radical (unpaired) electrons. The highest BCUT2D eigenvalue weighted by Gasteiger charge is 2.46. The molecule has 7 heteroatoms. The van der Waals surface area contributed by atoms with Crippen LogP contribution >= 0.6 is 11.6 Å². The maximum Gasteiger partial charge on any atom is 0.243 e. The van der Waals surface area contributed by atoms with Crippen LogP contribution in [0.3, 0.4) is 0 Å². The molecule has 1 spiro atoms. The van der Waals surface area contributed by atoms with Crippen molar-refractivity contribution in [1.29, 1.82) is 0 Å². The summed E-state index contributed by atoms with van der Waals surface area (Å²) in [5, 5.41) is 0.528. The van der Waals surface area contributed by atoms with Gasteiger partial charge in [-0.1, -0.05) is 11.6 Å². The number of ether oxygens (including phenoxy) is 2. The minimum absolute atomic E-state index is 0.0524. The Labute approximate surface area is 142 Å². The van der Waals surface area contributed by atoms with Crippen molar-refractivity contribution in [2.24, 2.45) is 0 Å². The third-order valence-corrected chi connectivity index (χ3v) is 7.06. The molecule has 5 nitrogen and oxygen atoms in total. The van der Waals surface area contributed by atoms with Gasteiger partial charge in [0.05, 0.1) is 16.6 Å². The van der Waals surface area contributed by atoms with Gasteiger partial charge in [-0.15, -0.1) is 0 Å². The zero-order valence-electron chi connectivity index (χ0n) is 13.2. The Balaban J connectivity index is 1.74. The van der Waals surface area contributed by atoms with Crippen LogP contribution in [0.1, 0.15) is 25.7 Å². The molecule has 1 atom stereocenters. The number of piperidine rings is 1. The largest absolute Gasteiger partial charge is 0.378 e. The van der Waals surface area contributed by atoms with Gasteiger partial charge in [0.25, 0.3) is 0 Å². The van der Waals surface area contributed by atoms with Gasteiger partial charge in [0.15, 0.2) is 0 Å². The maximum absolute atomic E-state index is 12.7. The van der Waals surface area contributed by atoms with Gasteiger partial charge in [-0.25, -0.2) is 8.42 Å². The Hall–Kier alpha value is -0.660. The fraction of sp³-hybridized carbons (Fsp3) is 0.625. The number of sulfonamides is 1. The molecule has 0 bridgehead atoms. The van der Waals surface area contributed by atoms with Crippen LogP contribution < -0.4 is 0 Å². The lowest BCUT2D eigenvalue weighted by Crippen LogP contribution is -2.56. The molecule has 2 aliphatic rings. The summed E-state index contributed by atoms with van der Waals surface area (Å²) in [6.07, 6.45) is 3.35. The van der Waals surface area contributed by atoms with Crippen LogP contribution in [-0.2, 0) is 19.5 Å². The second-order valence-electron chi connectivity index (χ2n) is 6.14. The first-order valence-corrected chi connectivity index (χ1v) is 9.72. The molecular weight excluding hydrogens is 338 g/mol. The maximum atomic E-state index is 12.7. The molecule has 2 saturated heterocycles. The molecule has 3 rings (SSSR count). The monoisotopic (exact) mass is 359 g/mol. The summed E-state index contributed by atoms with van der Waals surface area (Å²) in [6, 6.07) is 6.31. The highest BCUT2D eigenvalue weighted by Crippen LogP contribution is 2.38. The van der Waals surface area contributed by atoms with Crippen molar-refractivity contribution in [2.45, 2.75) is 42.3 Å². The van der Waals surface area contributed by atoms with E-state index in [0.717, 1.165) is 19.4 Å². The molecule has 0 aliphatic carbocycles. The fourth-order valence-electron chi connectivity index (χ4n) is 3.56. The van der Waals surface area contributed by atoms with Gasteiger partial charge < -0.3 is 9.47 Å². The molecule has 0 unspecified atom stereocenters. The van der Waals surface area contributed by atoms with Crippen molar-refractivity contribution < 1.29 is 17.9 Å². The lowest BCUT2D eigenvalue weighted by molar-refractivity contribution is -0.182. The summed E-state index contributed by atoms with van der Waals surface area (Å²) in [4.78, 5) is 0.283. The Morgan fingerprint density at radius 1 is 1.26 bits per heavy atom. The second-order valence-corrected chi connectivity index (χ2v) is 8.51. The van der Waals surface area contributed by atoms with E-state index < -0.39 is 10.0 Å². The highest BCUT2D eigenvalue weighted by atomic mass is 35.5. The summed E-state index contributed by atoms with van der Waals surface area (Å²) in [6.45, 7) is 1.62. The van der Waals surface area contributed by atoms with Gasteiger partial charge in [0, 0.05) is 31.8 Å². The topological polar surface area (TPSA) is 55.8 Å². The second kappa shape index (κ2) is 6.69. The molecule has 23 heavy (non-hydrogen) atoms. The van der Waals surface area contributed by atoms with Crippen LogP contribution in [0.15, 0.2) is 29.2 Å². The van der Waals surface area contributed by atoms with E-state index in [4.69, 9.17) is 21.1 Å². The number of hydrogen-bond donors (Lipinski definition) is 0. The lowest BCUT2D eigenvalue weighted by atomic mass is 9.82. The van der Waals surface area contributed by atoms with Crippen LogP contribution in [0.2, 0.25) is 5.02 Å². The molecule has 0 aromatic heterocycles. The van der Waals surface area contributed by atoms with Crippen LogP contribution in [0.25, 0.3) is 0 Å². The van der Waals surface area contributed by atoms with E-state index in [1.165, 1.54) is 4.31 Å². The molecule has 2 fully saturated rings. The normalized spacial score (nSPS) is 25.6. The first-order valence-electron chi connectivity index (χ1n) is 7.90. The van der Waals surface area contributed by atoms with E-state index in [2.05, 4.69) is 0 Å². The van der Waals surface area contributed by atoms with E-state index in [9.17, 15) is 8.42 Å². The minimum atomic E-state index is -3.48. The third kappa shape index (κ3) is 3.28. The fourth-order valence-corrected chi connectivity index (χ4v) is 5.13. The number of nitrogens with zero attached hydrogens (tertiary/aromatic N) is 1. The Kier molecular flexibility index (Phi) is 4.99. The smallest absolute Gasteiger partial charge is 0.243 e. The number of benzene rings is 1. The first kappa shape index (κ1) is 17.2. The zero-order valence-corrected chi connectivity index (χ0v) is 14.8. The van der Waals surface area contributed by atoms with Crippen molar-refractivity contribution in [2.75, 3.05) is 26.8 Å². The van der Waals surface area contributed by atoms with E-state index in [0.29, 0.717) is 31.0 Å². The third-order valence-electron chi connectivity index (χ3n) is 4.89. The highest BCUT2D eigenvalue weighted by molar-refractivity contribution is 7.89. The predicted octanol–water partition coefficient (Wildman–Crippen LogP) is 2.69. The molecule has 128 valence electrons. The SMILES string of the molecule is CO[C@H]1CCCOC12CCN(S(=O)(=O)c1ccc(Cl)cc1)CC2. The van der Waals surface area contributed by atoms with Crippen LogP contribution in [-0.4, -0.2) is 51.2 Å². The number of methoxy groups -OCH3 is 1. The molecule has 2 aliphatic heterocycles. The van der Waals surface area contributed by atoms with E-state index in [1.807, 2.05) is 0 Å². The minimum Gasteiger partial charge on any atom is -0.378 e. The van der Waals surface area contributed by atoms with Crippen LogP contribution in [0, 0.1) is 0 Å². The average Bonchev–Trinajstić information content (AvgIpc) is 2.56. The molecule has 1 aromatic carbocycles. The van der Waals surface area contributed by atoms with Gasteiger partial charge in [-0.05, 0) is 49.9 Å². The van der Waals surface area contributed by atoms with Gasteiger partial charge in [0.2, 0.25) is 10.0 Å². The van der Waals surface area contributed by atoms with Gasteiger partial charge in [0.1, 0.15) is 0 Å². The average molecular weight is 360 g/mol. The molecule has 0 N–H and O–H groups in total. The van der Waals surface area contributed by atoms with E-state index in [-0.39, 0.29) is 16.6 Å². The van der Waals surface area contributed by atoms with Crippen molar-refractivity contribution in [3.05, 3.63) is 29.3 Å². The molecule has 0 amide bonds. The van der Waals surface area contributed by atoms with Crippen molar-refractivity contribution in [1.82, 2.24) is 4.31 Å². The summed E-state index contributed by atoms with van der Waals surface area (Å²) in [7, 11) is -1.77. The van der Waals surface area contributed by atoms with Crippen molar-refractivity contribution >= 4 is 21.6 Å². The molecule has 0 saturated carbocycles. The molecule has 2 heterocycles. The summed E-state index contributed by atoms with van der Waals surface area (Å²) in [5.41, 5.74) is -0.334. The quantitative estimate of drug-likeness (QED) is 0.832. The number of hydrogen-bond acceptors (Lipinski definition) is 4. The van der Waals surface area contributed by atoms with Gasteiger partial charge >= 0.3 is 0 Å². The van der Waals surface area contributed by atoms with Gasteiger partial charge in [-0.2, -0.15) is 4.31 Å². The van der Waals surface area contributed by atoms with Crippen molar-refractivity contribution in [3.63, 3.8) is 0 Å².